The molecule has 0 radical (unpaired) electrons. The van der Waals surface area contributed by atoms with E-state index in [9.17, 15) is 0 Å². The minimum absolute atomic E-state index is 0.575. The molecule has 0 unspecified atom stereocenters. The van der Waals surface area contributed by atoms with Crippen LogP contribution in [-0.4, -0.2) is 12.0 Å². The summed E-state index contributed by atoms with van der Waals surface area (Å²) in [5, 5.41) is 0. The zero-order valence-corrected chi connectivity index (χ0v) is 10.9. The fourth-order valence-corrected chi connectivity index (χ4v) is 1.99. The smallest absolute Gasteiger partial charge is 0.128 e. The summed E-state index contributed by atoms with van der Waals surface area (Å²) in [5.74, 6) is 0.988. The van der Waals surface area contributed by atoms with Gasteiger partial charge in [0.25, 0.3) is 0 Å². The van der Waals surface area contributed by atoms with Crippen LogP contribution in [-0.2, 0) is 13.1 Å². The number of nitrogens with two attached hydrogens (primary N) is 1. The molecule has 2 rings (SSSR count). The third-order valence-electron chi connectivity index (χ3n) is 3.01. The summed E-state index contributed by atoms with van der Waals surface area (Å²) in [4.78, 5) is 6.66. The van der Waals surface area contributed by atoms with Crippen molar-refractivity contribution < 1.29 is 0 Å². The molecule has 0 spiro atoms. The SMILES string of the molecule is Cc1cccc(N(C)Cc2ccccc2CN)n1. The Hall–Kier alpha value is -1.87. The Morgan fingerprint density at radius 3 is 2.44 bits per heavy atom. The Morgan fingerprint density at radius 2 is 1.78 bits per heavy atom. The van der Waals surface area contributed by atoms with Crippen LogP contribution >= 0.6 is 0 Å². The fraction of sp³-hybridized carbons (Fsp3) is 0.267. The van der Waals surface area contributed by atoms with Crippen LogP contribution in [0.1, 0.15) is 16.8 Å². The van der Waals surface area contributed by atoms with E-state index >= 15 is 0 Å². The van der Waals surface area contributed by atoms with Crippen LogP contribution in [0.5, 0.6) is 0 Å². The van der Waals surface area contributed by atoms with E-state index in [0.717, 1.165) is 18.1 Å². The van der Waals surface area contributed by atoms with Crippen molar-refractivity contribution in [3.8, 4) is 0 Å². The molecular formula is C15H19N3. The number of aromatic nitrogens is 1. The first-order chi connectivity index (χ1) is 8.70. The Balaban J connectivity index is 2.18. The molecule has 0 saturated heterocycles. The van der Waals surface area contributed by atoms with E-state index in [4.69, 9.17) is 5.73 Å². The first-order valence-corrected chi connectivity index (χ1v) is 6.12. The molecule has 0 aliphatic rings. The van der Waals surface area contributed by atoms with Crippen LogP contribution in [0.2, 0.25) is 0 Å². The molecule has 1 heterocycles. The molecule has 18 heavy (non-hydrogen) atoms. The van der Waals surface area contributed by atoms with Crippen molar-refractivity contribution in [3.63, 3.8) is 0 Å². The van der Waals surface area contributed by atoms with Crippen molar-refractivity contribution >= 4 is 5.82 Å². The van der Waals surface area contributed by atoms with Gasteiger partial charge in [-0.3, -0.25) is 0 Å². The first kappa shape index (κ1) is 12.6. The van der Waals surface area contributed by atoms with Crippen molar-refractivity contribution in [1.29, 1.82) is 0 Å². The molecule has 0 aliphatic carbocycles. The number of nitrogens with zero attached hydrogens (tertiary/aromatic N) is 2. The Bertz CT molecular complexity index is 523. The lowest BCUT2D eigenvalue weighted by molar-refractivity contribution is 0.872. The predicted molar refractivity (Wildman–Crippen MR) is 75.4 cm³/mol. The summed E-state index contributed by atoms with van der Waals surface area (Å²) in [7, 11) is 2.05. The lowest BCUT2D eigenvalue weighted by Crippen LogP contribution is -2.19. The van der Waals surface area contributed by atoms with Gasteiger partial charge in [-0.05, 0) is 30.2 Å². The second-order valence-corrected chi connectivity index (χ2v) is 4.47. The maximum Gasteiger partial charge on any atom is 0.128 e. The largest absolute Gasteiger partial charge is 0.355 e. The number of rotatable bonds is 4. The summed E-state index contributed by atoms with van der Waals surface area (Å²) < 4.78 is 0. The standard InChI is InChI=1S/C15H19N3/c1-12-6-5-9-15(17-12)18(2)11-14-8-4-3-7-13(14)10-16/h3-9H,10-11,16H2,1-2H3. The highest BCUT2D eigenvalue weighted by atomic mass is 15.2. The molecular weight excluding hydrogens is 222 g/mol. The van der Waals surface area contributed by atoms with Gasteiger partial charge in [0.1, 0.15) is 5.82 Å². The van der Waals surface area contributed by atoms with E-state index in [-0.39, 0.29) is 0 Å². The molecule has 1 aromatic heterocycles. The lowest BCUT2D eigenvalue weighted by atomic mass is 10.1. The van der Waals surface area contributed by atoms with Crippen LogP contribution in [0.15, 0.2) is 42.5 Å². The van der Waals surface area contributed by atoms with Gasteiger partial charge in [0.15, 0.2) is 0 Å². The molecule has 1 aromatic carbocycles. The molecule has 0 atom stereocenters. The van der Waals surface area contributed by atoms with E-state index in [2.05, 4.69) is 29.1 Å². The van der Waals surface area contributed by atoms with Gasteiger partial charge >= 0.3 is 0 Å². The maximum absolute atomic E-state index is 5.76. The summed E-state index contributed by atoms with van der Waals surface area (Å²) in [6, 6.07) is 14.3. The van der Waals surface area contributed by atoms with Gasteiger partial charge in [0.05, 0.1) is 0 Å². The number of hydrogen-bond acceptors (Lipinski definition) is 3. The number of aryl methyl sites for hydroxylation is 1. The highest BCUT2D eigenvalue weighted by Crippen LogP contribution is 2.15. The number of pyridine rings is 1. The van der Waals surface area contributed by atoms with Gasteiger partial charge < -0.3 is 10.6 Å². The molecule has 3 nitrogen and oxygen atoms in total. The van der Waals surface area contributed by atoms with Crippen LogP contribution in [0.3, 0.4) is 0 Å². The number of benzene rings is 1. The minimum atomic E-state index is 0.575. The number of anilines is 1. The minimum Gasteiger partial charge on any atom is -0.355 e. The fourth-order valence-electron chi connectivity index (χ4n) is 1.99. The van der Waals surface area contributed by atoms with Gasteiger partial charge in [-0.25, -0.2) is 4.98 Å². The molecule has 94 valence electrons. The Labute approximate surface area is 108 Å². The van der Waals surface area contributed by atoms with Gasteiger partial charge in [-0.15, -0.1) is 0 Å². The van der Waals surface area contributed by atoms with E-state index in [1.165, 1.54) is 11.1 Å². The van der Waals surface area contributed by atoms with Crippen molar-refractivity contribution in [3.05, 3.63) is 59.3 Å². The van der Waals surface area contributed by atoms with Crippen LogP contribution in [0, 0.1) is 6.92 Å². The van der Waals surface area contributed by atoms with Gasteiger partial charge in [0, 0.05) is 25.8 Å². The molecule has 0 fully saturated rings. The van der Waals surface area contributed by atoms with Gasteiger partial charge in [-0.2, -0.15) is 0 Å². The van der Waals surface area contributed by atoms with Crippen LogP contribution < -0.4 is 10.6 Å². The molecule has 0 aliphatic heterocycles. The van der Waals surface area contributed by atoms with Gasteiger partial charge in [0.2, 0.25) is 0 Å². The summed E-state index contributed by atoms with van der Waals surface area (Å²) in [6.45, 7) is 3.40. The second-order valence-electron chi connectivity index (χ2n) is 4.47. The summed E-state index contributed by atoms with van der Waals surface area (Å²) >= 11 is 0. The van der Waals surface area contributed by atoms with Crippen LogP contribution in [0.25, 0.3) is 0 Å². The highest BCUT2D eigenvalue weighted by Gasteiger charge is 2.06. The molecule has 0 saturated carbocycles. The first-order valence-electron chi connectivity index (χ1n) is 6.12. The Kier molecular flexibility index (Phi) is 3.95. The predicted octanol–water partition coefficient (Wildman–Crippen LogP) is 2.49. The number of hydrogen-bond donors (Lipinski definition) is 1. The van der Waals surface area contributed by atoms with Gasteiger partial charge in [-0.1, -0.05) is 30.3 Å². The van der Waals surface area contributed by atoms with E-state index in [0.29, 0.717) is 6.54 Å². The zero-order chi connectivity index (χ0) is 13.0. The normalized spacial score (nSPS) is 10.4. The molecule has 0 amide bonds. The average Bonchev–Trinajstić information content (AvgIpc) is 2.39. The van der Waals surface area contributed by atoms with Crippen molar-refractivity contribution in [2.75, 3.05) is 11.9 Å². The van der Waals surface area contributed by atoms with E-state index in [1.54, 1.807) is 0 Å². The van der Waals surface area contributed by atoms with Crippen LogP contribution in [0.4, 0.5) is 5.82 Å². The Morgan fingerprint density at radius 1 is 1.06 bits per heavy atom. The second kappa shape index (κ2) is 5.65. The van der Waals surface area contributed by atoms with Crippen molar-refractivity contribution in [1.82, 2.24) is 4.98 Å². The topological polar surface area (TPSA) is 42.1 Å². The lowest BCUT2D eigenvalue weighted by Gasteiger charge is -2.20. The monoisotopic (exact) mass is 241 g/mol. The molecule has 0 bridgehead atoms. The van der Waals surface area contributed by atoms with E-state index < -0.39 is 0 Å². The quantitative estimate of drug-likeness (QED) is 0.894. The summed E-state index contributed by atoms with van der Waals surface area (Å²) in [5.41, 5.74) is 9.24. The zero-order valence-electron chi connectivity index (χ0n) is 10.9. The van der Waals surface area contributed by atoms with Crippen molar-refractivity contribution in [2.45, 2.75) is 20.0 Å². The average molecular weight is 241 g/mol. The van der Waals surface area contributed by atoms with Crippen molar-refractivity contribution in [2.24, 2.45) is 5.73 Å². The summed E-state index contributed by atoms with van der Waals surface area (Å²) in [6.07, 6.45) is 0. The molecule has 3 heteroatoms. The third-order valence-corrected chi connectivity index (χ3v) is 3.01. The molecule has 2 aromatic rings. The maximum atomic E-state index is 5.76. The molecule has 2 N–H and O–H groups in total. The van der Waals surface area contributed by atoms with E-state index in [1.807, 2.05) is 37.3 Å². The highest BCUT2D eigenvalue weighted by molar-refractivity contribution is 5.40. The third kappa shape index (κ3) is 2.87.